The third-order valence-corrected chi connectivity index (χ3v) is 5.01. The lowest BCUT2D eigenvalue weighted by molar-refractivity contribution is 0.329. The van der Waals surface area contributed by atoms with Crippen LogP contribution in [-0.2, 0) is 7.05 Å². The fourth-order valence-corrected chi connectivity index (χ4v) is 3.58. The van der Waals surface area contributed by atoms with E-state index in [2.05, 4.69) is 26.3 Å². The number of benzene rings is 1. The number of rotatable bonds is 5. The van der Waals surface area contributed by atoms with Crippen LogP contribution in [0.15, 0.2) is 53.7 Å². The van der Waals surface area contributed by atoms with Gasteiger partial charge >= 0.3 is 0 Å². The molecule has 30 heavy (non-hydrogen) atoms. The minimum Gasteiger partial charge on any atom is -0.494 e. The zero-order valence-corrected chi connectivity index (χ0v) is 17.8. The van der Waals surface area contributed by atoms with Crippen LogP contribution in [0.4, 0.5) is 5.95 Å². The predicted octanol–water partition coefficient (Wildman–Crippen LogP) is 2.21. The Balaban J connectivity index is 0.00000256. The van der Waals surface area contributed by atoms with Crippen molar-refractivity contribution in [2.45, 2.75) is 13.0 Å². The fourth-order valence-electron chi connectivity index (χ4n) is 3.58. The molecule has 0 aliphatic carbocycles. The number of para-hydroxylation sites is 1. The molecule has 0 saturated carbocycles. The maximum absolute atomic E-state index is 12.6. The monoisotopic (exact) mass is 428 g/mol. The second kappa shape index (κ2) is 9.69. The highest BCUT2D eigenvalue weighted by atomic mass is 35.5. The molecule has 0 spiro atoms. The van der Waals surface area contributed by atoms with Crippen LogP contribution in [-0.4, -0.2) is 45.8 Å². The number of aromatic nitrogens is 4. The van der Waals surface area contributed by atoms with Crippen molar-refractivity contribution in [2.24, 2.45) is 7.05 Å². The smallest absolute Gasteiger partial charge is 0.255 e. The third kappa shape index (κ3) is 4.44. The molecule has 1 N–H and O–H groups in total. The van der Waals surface area contributed by atoms with Gasteiger partial charge in [-0.3, -0.25) is 9.36 Å². The van der Waals surface area contributed by atoms with E-state index in [1.807, 2.05) is 25.1 Å². The number of nitrogens with one attached hydrogen (secondary N) is 1. The summed E-state index contributed by atoms with van der Waals surface area (Å²) in [6, 6.07) is 11.4. The molecule has 1 atom stereocenters. The van der Waals surface area contributed by atoms with Crippen LogP contribution in [0.2, 0.25) is 0 Å². The first-order valence-electron chi connectivity index (χ1n) is 9.72. The van der Waals surface area contributed by atoms with Crippen LogP contribution < -0.4 is 20.5 Å². The van der Waals surface area contributed by atoms with Gasteiger partial charge in [0.05, 0.1) is 24.0 Å². The molecular weight excluding hydrogens is 404 g/mol. The van der Waals surface area contributed by atoms with Gasteiger partial charge in [-0.2, -0.15) is 0 Å². The van der Waals surface area contributed by atoms with Gasteiger partial charge < -0.3 is 15.0 Å². The highest BCUT2D eigenvalue weighted by Crippen LogP contribution is 2.28. The first-order chi connectivity index (χ1) is 14.2. The molecule has 1 fully saturated rings. The molecule has 3 heterocycles. The molecule has 0 bridgehead atoms. The topological polar surface area (TPSA) is 85.2 Å². The number of anilines is 1. The van der Waals surface area contributed by atoms with E-state index in [1.54, 1.807) is 23.9 Å². The van der Waals surface area contributed by atoms with Crippen molar-refractivity contribution in [3.63, 3.8) is 0 Å². The molecule has 9 heteroatoms. The van der Waals surface area contributed by atoms with Crippen LogP contribution in [0.5, 0.6) is 5.75 Å². The Kier molecular flexibility index (Phi) is 7.02. The number of hydrogen-bond donors (Lipinski definition) is 1. The van der Waals surface area contributed by atoms with Crippen molar-refractivity contribution >= 4 is 18.4 Å². The van der Waals surface area contributed by atoms with Crippen molar-refractivity contribution < 1.29 is 4.74 Å². The molecule has 1 aromatic carbocycles. The highest BCUT2D eigenvalue weighted by molar-refractivity contribution is 5.85. The molecule has 3 aromatic rings. The van der Waals surface area contributed by atoms with Gasteiger partial charge in [0.1, 0.15) is 12.1 Å². The number of halogens is 1. The van der Waals surface area contributed by atoms with E-state index in [1.165, 1.54) is 12.4 Å². The van der Waals surface area contributed by atoms with Crippen molar-refractivity contribution in [2.75, 3.05) is 31.1 Å². The number of ether oxygens (including phenoxy) is 1. The molecule has 0 radical (unpaired) electrons. The third-order valence-electron chi connectivity index (χ3n) is 5.01. The summed E-state index contributed by atoms with van der Waals surface area (Å²) in [5, 5.41) is 3.56. The van der Waals surface area contributed by atoms with Crippen molar-refractivity contribution in [3.8, 4) is 17.1 Å². The fraction of sp³-hybridized carbons (Fsp3) is 0.333. The molecule has 2 aromatic heterocycles. The second-order valence-corrected chi connectivity index (χ2v) is 6.86. The summed E-state index contributed by atoms with van der Waals surface area (Å²) in [5.74, 6) is 1.51. The van der Waals surface area contributed by atoms with Gasteiger partial charge in [-0.15, -0.1) is 12.4 Å². The van der Waals surface area contributed by atoms with E-state index in [-0.39, 0.29) is 24.0 Å². The van der Waals surface area contributed by atoms with Crippen LogP contribution in [0, 0.1) is 0 Å². The summed E-state index contributed by atoms with van der Waals surface area (Å²) >= 11 is 0. The Morgan fingerprint density at radius 1 is 1.23 bits per heavy atom. The largest absolute Gasteiger partial charge is 0.494 e. The van der Waals surface area contributed by atoms with Crippen LogP contribution >= 0.6 is 12.4 Å². The first-order valence-corrected chi connectivity index (χ1v) is 9.72. The quantitative estimate of drug-likeness (QED) is 0.666. The maximum atomic E-state index is 12.6. The summed E-state index contributed by atoms with van der Waals surface area (Å²) in [6.07, 6.45) is 3.10. The van der Waals surface area contributed by atoms with Gasteiger partial charge in [0, 0.05) is 44.5 Å². The van der Waals surface area contributed by atoms with E-state index >= 15 is 0 Å². The molecule has 4 rings (SSSR count). The molecule has 8 nitrogen and oxygen atoms in total. The minimum absolute atomic E-state index is 0. The average molecular weight is 429 g/mol. The number of nitrogens with zero attached hydrogens (tertiary/aromatic N) is 5. The summed E-state index contributed by atoms with van der Waals surface area (Å²) in [5.41, 5.74) is 2.17. The average Bonchev–Trinajstić information content (AvgIpc) is 2.77. The maximum Gasteiger partial charge on any atom is 0.255 e. The lowest BCUT2D eigenvalue weighted by Gasteiger charge is -2.35. The molecule has 1 aliphatic rings. The molecule has 1 unspecified atom stereocenters. The Morgan fingerprint density at radius 3 is 2.83 bits per heavy atom. The summed E-state index contributed by atoms with van der Waals surface area (Å²) in [6.45, 7) is 4.80. The van der Waals surface area contributed by atoms with Gasteiger partial charge in [-0.1, -0.05) is 18.2 Å². The standard InChI is InChI=1S/C21H24N6O2.ClH/c1-3-29-19-7-5-4-6-15(19)18-13-27(11-10-23-18)21-25-17(12-20(28)26(21)2)16-8-9-22-14-24-16;/h4-9,12,14,18,23H,3,10-11,13H2,1-2H3;1H. The molecule has 158 valence electrons. The van der Waals surface area contributed by atoms with Gasteiger partial charge in [-0.05, 0) is 19.1 Å². The van der Waals surface area contributed by atoms with E-state index in [0.717, 1.165) is 24.4 Å². The zero-order chi connectivity index (χ0) is 20.2. The lowest BCUT2D eigenvalue weighted by Crippen LogP contribution is -2.47. The Morgan fingerprint density at radius 2 is 2.07 bits per heavy atom. The minimum atomic E-state index is -0.117. The number of hydrogen-bond acceptors (Lipinski definition) is 7. The Labute approximate surface area is 181 Å². The van der Waals surface area contributed by atoms with Gasteiger partial charge in [0.25, 0.3) is 5.56 Å². The van der Waals surface area contributed by atoms with Gasteiger partial charge in [0.2, 0.25) is 5.95 Å². The van der Waals surface area contributed by atoms with E-state index in [0.29, 0.717) is 30.5 Å². The molecule has 1 saturated heterocycles. The molecule has 1 aliphatic heterocycles. The lowest BCUT2D eigenvalue weighted by atomic mass is 10.0. The van der Waals surface area contributed by atoms with Crippen LogP contribution in [0.1, 0.15) is 18.5 Å². The van der Waals surface area contributed by atoms with E-state index < -0.39 is 0 Å². The van der Waals surface area contributed by atoms with Crippen molar-refractivity contribution in [3.05, 3.63) is 64.8 Å². The van der Waals surface area contributed by atoms with E-state index in [4.69, 9.17) is 9.72 Å². The van der Waals surface area contributed by atoms with Crippen LogP contribution in [0.3, 0.4) is 0 Å². The zero-order valence-electron chi connectivity index (χ0n) is 17.0. The van der Waals surface area contributed by atoms with E-state index in [9.17, 15) is 4.79 Å². The SMILES string of the molecule is CCOc1ccccc1C1CN(c2nc(-c3ccncn3)cc(=O)n2C)CCN1.Cl. The summed E-state index contributed by atoms with van der Waals surface area (Å²) in [4.78, 5) is 27.6. The Hall–Kier alpha value is -2.97. The van der Waals surface area contributed by atoms with Crippen LogP contribution in [0.25, 0.3) is 11.4 Å². The second-order valence-electron chi connectivity index (χ2n) is 6.86. The van der Waals surface area contributed by atoms with Gasteiger partial charge in [0.15, 0.2) is 0 Å². The highest BCUT2D eigenvalue weighted by Gasteiger charge is 2.26. The molecular formula is C21H25ClN6O2. The van der Waals surface area contributed by atoms with Crippen molar-refractivity contribution in [1.29, 1.82) is 0 Å². The normalized spacial score (nSPS) is 16.1. The Bertz CT molecular complexity index is 1040. The number of piperazine rings is 1. The molecule has 0 amide bonds. The first kappa shape index (κ1) is 21.7. The summed E-state index contributed by atoms with van der Waals surface area (Å²) < 4.78 is 7.39. The van der Waals surface area contributed by atoms with Crippen molar-refractivity contribution in [1.82, 2.24) is 24.8 Å². The van der Waals surface area contributed by atoms with Gasteiger partial charge in [-0.25, -0.2) is 15.0 Å². The predicted molar refractivity (Wildman–Crippen MR) is 118 cm³/mol. The summed E-state index contributed by atoms with van der Waals surface area (Å²) in [7, 11) is 1.75.